The van der Waals surface area contributed by atoms with Gasteiger partial charge in [0.2, 0.25) is 0 Å². The minimum atomic E-state index is -0.782. The highest BCUT2D eigenvalue weighted by Crippen LogP contribution is 2.13. The van der Waals surface area contributed by atoms with E-state index in [2.05, 4.69) is 57.2 Å². The molecule has 0 aromatic heterocycles. The smallest absolute Gasteiger partial charge is 0.306 e. The van der Waals surface area contributed by atoms with Crippen molar-refractivity contribution in [2.45, 2.75) is 219 Å². The van der Waals surface area contributed by atoms with Crippen molar-refractivity contribution in [1.82, 2.24) is 0 Å². The van der Waals surface area contributed by atoms with E-state index in [0.717, 1.165) is 77.0 Å². The van der Waals surface area contributed by atoms with Gasteiger partial charge in [0.1, 0.15) is 13.2 Å². The fraction of sp³-hybridized carbons (Fsp3) is 0.800. The van der Waals surface area contributed by atoms with Gasteiger partial charge in [0.05, 0.1) is 0 Å². The second kappa shape index (κ2) is 40.4. The first-order chi connectivity index (χ1) is 25.0. The molecule has 296 valence electrons. The Hall–Kier alpha value is -2.37. The van der Waals surface area contributed by atoms with E-state index < -0.39 is 6.10 Å². The zero-order chi connectivity index (χ0) is 37.3. The molecule has 0 aliphatic heterocycles. The molecule has 0 aromatic carbocycles. The van der Waals surface area contributed by atoms with Crippen molar-refractivity contribution < 1.29 is 28.6 Å². The van der Waals surface area contributed by atoms with Gasteiger partial charge in [0.25, 0.3) is 0 Å². The quantitative estimate of drug-likeness (QED) is 0.0208. The zero-order valence-corrected chi connectivity index (χ0v) is 33.6. The molecule has 0 fully saturated rings. The number of allylic oxidation sites excluding steroid dienone is 6. The van der Waals surface area contributed by atoms with Crippen LogP contribution in [0, 0.1) is 0 Å². The predicted molar refractivity (Wildman–Crippen MR) is 215 cm³/mol. The molecule has 6 nitrogen and oxygen atoms in total. The van der Waals surface area contributed by atoms with Crippen LogP contribution in [0.4, 0.5) is 0 Å². The topological polar surface area (TPSA) is 78.9 Å². The number of hydrogen-bond acceptors (Lipinski definition) is 6. The molecular formula is C45H80O6. The van der Waals surface area contributed by atoms with Crippen molar-refractivity contribution in [2.75, 3.05) is 13.2 Å². The summed E-state index contributed by atoms with van der Waals surface area (Å²) in [5, 5.41) is 0. The SMILES string of the molecule is CCCC/C=C\C=C/CCCCCC(=O)OC(COC(=O)CCCCCCC/C=C\CCCCC)COC(=O)CCCCCCCCCCCC. The highest BCUT2D eigenvalue weighted by Gasteiger charge is 2.19. The fourth-order valence-electron chi connectivity index (χ4n) is 5.82. The Kier molecular flexibility index (Phi) is 38.5. The summed E-state index contributed by atoms with van der Waals surface area (Å²) in [5.41, 5.74) is 0. The molecule has 0 aromatic rings. The summed E-state index contributed by atoms with van der Waals surface area (Å²) in [6.07, 6.45) is 44.1. The molecule has 51 heavy (non-hydrogen) atoms. The van der Waals surface area contributed by atoms with Gasteiger partial charge in [0, 0.05) is 19.3 Å². The van der Waals surface area contributed by atoms with Gasteiger partial charge in [-0.1, -0.05) is 166 Å². The minimum Gasteiger partial charge on any atom is -0.462 e. The second-order valence-corrected chi connectivity index (χ2v) is 14.3. The van der Waals surface area contributed by atoms with Crippen LogP contribution in [0.25, 0.3) is 0 Å². The summed E-state index contributed by atoms with van der Waals surface area (Å²) >= 11 is 0. The molecule has 1 unspecified atom stereocenters. The van der Waals surface area contributed by atoms with Gasteiger partial charge < -0.3 is 14.2 Å². The predicted octanol–water partition coefficient (Wildman–Crippen LogP) is 13.4. The zero-order valence-electron chi connectivity index (χ0n) is 33.6. The maximum atomic E-state index is 12.6. The van der Waals surface area contributed by atoms with Crippen LogP contribution >= 0.6 is 0 Å². The van der Waals surface area contributed by atoms with Crippen molar-refractivity contribution in [1.29, 1.82) is 0 Å². The van der Waals surface area contributed by atoms with Crippen LogP contribution in [0.2, 0.25) is 0 Å². The average Bonchev–Trinajstić information content (AvgIpc) is 3.12. The van der Waals surface area contributed by atoms with E-state index in [9.17, 15) is 14.4 Å². The third-order valence-corrected chi connectivity index (χ3v) is 9.15. The first-order valence-corrected chi connectivity index (χ1v) is 21.5. The largest absolute Gasteiger partial charge is 0.462 e. The molecule has 0 amide bonds. The van der Waals surface area contributed by atoms with Gasteiger partial charge in [0.15, 0.2) is 6.10 Å². The van der Waals surface area contributed by atoms with Gasteiger partial charge in [-0.3, -0.25) is 14.4 Å². The standard InChI is InChI=1S/C45H80O6/c1-4-7-10-13-16-19-22-24-26-29-32-35-38-44(47)50-41-42(40-49-43(46)37-34-31-28-25-21-18-15-12-9-6-3)51-45(48)39-36-33-30-27-23-20-17-14-11-8-5-2/h14,16-17,19-20,23,42H,4-13,15,18,21-22,24-41H2,1-3H3/b17-14-,19-16-,23-20-. The van der Waals surface area contributed by atoms with Gasteiger partial charge >= 0.3 is 17.9 Å². The van der Waals surface area contributed by atoms with Crippen LogP contribution in [0.3, 0.4) is 0 Å². The van der Waals surface area contributed by atoms with Crippen LogP contribution in [0.15, 0.2) is 36.5 Å². The lowest BCUT2D eigenvalue weighted by molar-refractivity contribution is -0.167. The number of carbonyl (C=O) groups excluding carboxylic acids is 3. The summed E-state index contributed by atoms with van der Waals surface area (Å²) in [6.45, 7) is 6.50. The van der Waals surface area contributed by atoms with E-state index in [4.69, 9.17) is 14.2 Å². The molecule has 0 saturated heterocycles. The van der Waals surface area contributed by atoms with Gasteiger partial charge in [-0.15, -0.1) is 0 Å². The lowest BCUT2D eigenvalue weighted by Crippen LogP contribution is -2.30. The Labute approximate surface area is 315 Å². The molecule has 6 heteroatoms. The highest BCUT2D eigenvalue weighted by molar-refractivity contribution is 5.71. The van der Waals surface area contributed by atoms with Crippen molar-refractivity contribution in [3.8, 4) is 0 Å². The van der Waals surface area contributed by atoms with Crippen molar-refractivity contribution in [3.05, 3.63) is 36.5 Å². The molecule has 0 N–H and O–H groups in total. The summed E-state index contributed by atoms with van der Waals surface area (Å²) in [6, 6.07) is 0. The second-order valence-electron chi connectivity index (χ2n) is 14.3. The van der Waals surface area contributed by atoms with Crippen LogP contribution < -0.4 is 0 Å². The molecule has 0 bridgehead atoms. The number of esters is 3. The number of carbonyl (C=O) groups is 3. The molecule has 0 radical (unpaired) electrons. The molecule has 0 rings (SSSR count). The van der Waals surface area contributed by atoms with Crippen LogP contribution in [0.5, 0.6) is 0 Å². The monoisotopic (exact) mass is 717 g/mol. The van der Waals surface area contributed by atoms with Crippen molar-refractivity contribution >= 4 is 17.9 Å². The van der Waals surface area contributed by atoms with Crippen LogP contribution in [-0.2, 0) is 28.6 Å². The van der Waals surface area contributed by atoms with E-state index >= 15 is 0 Å². The third-order valence-electron chi connectivity index (χ3n) is 9.15. The molecular weight excluding hydrogens is 636 g/mol. The summed E-state index contributed by atoms with van der Waals surface area (Å²) in [5.74, 6) is -0.926. The number of rotatable bonds is 38. The first-order valence-electron chi connectivity index (χ1n) is 21.5. The summed E-state index contributed by atoms with van der Waals surface area (Å²) < 4.78 is 16.6. The number of unbranched alkanes of at least 4 members (excludes halogenated alkanes) is 22. The Balaban J connectivity index is 4.42. The van der Waals surface area contributed by atoms with Crippen LogP contribution in [0.1, 0.15) is 213 Å². The Morgan fingerprint density at radius 3 is 1.22 bits per heavy atom. The minimum absolute atomic E-state index is 0.0841. The molecule has 1 atom stereocenters. The van der Waals surface area contributed by atoms with E-state index in [1.807, 2.05) is 0 Å². The number of ether oxygens (including phenoxy) is 3. The first kappa shape index (κ1) is 48.6. The van der Waals surface area contributed by atoms with Gasteiger partial charge in [-0.25, -0.2) is 0 Å². The maximum absolute atomic E-state index is 12.6. The maximum Gasteiger partial charge on any atom is 0.306 e. The van der Waals surface area contributed by atoms with Gasteiger partial charge in [-0.2, -0.15) is 0 Å². The Morgan fingerprint density at radius 1 is 0.392 bits per heavy atom. The molecule has 0 heterocycles. The van der Waals surface area contributed by atoms with E-state index in [-0.39, 0.29) is 31.1 Å². The summed E-state index contributed by atoms with van der Waals surface area (Å²) in [7, 11) is 0. The third kappa shape index (κ3) is 38.7. The normalized spacial score (nSPS) is 12.3. The Morgan fingerprint density at radius 2 is 0.725 bits per heavy atom. The molecule has 0 aliphatic rings. The van der Waals surface area contributed by atoms with Crippen molar-refractivity contribution in [3.63, 3.8) is 0 Å². The van der Waals surface area contributed by atoms with Gasteiger partial charge in [-0.05, 0) is 64.2 Å². The summed E-state index contributed by atoms with van der Waals surface area (Å²) in [4.78, 5) is 37.6. The van der Waals surface area contributed by atoms with E-state index in [1.165, 1.54) is 96.3 Å². The van der Waals surface area contributed by atoms with E-state index in [0.29, 0.717) is 19.3 Å². The lowest BCUT2D eigenvalue weighted by Gasteiger charge is -2.18. The molecule has 0 aliphatic carbocycles. The molecule has 0 saturated carbocycles. The van der Waals surface area contributed by atoms with E-state index in [1.54, 1.807) is 0 Å². The molecule has 0 spiro atoms. The lowest BCUT2D eigenvalue weighted by atomic mass is 10.1. The Bertz CT molecular complexity index is 876. The highest BCUT2D eigenvalue weighted by atomic mass is 16.6. The van der Waals surface area contributed by atoms with Crippen LogP contribution in [-0.4, -0.2) is 37.2 Å². The fourth-order valence-corrected chi connectivity index (χ4v) is 5.82. The van der Waals surface area contributed by atoms with Crippen molar-refractivity contribution in [2.24, 2.45) is 0 Å². The number of hydrogen-bond donors (Lipinski definition) is 0. The average molecular weight is 717 g/mol.